The average molecular weight is 276 g/mol. The van der Waals surface area contributed by atoms with Gasteiger partial charge in [0.2, 0.25) is 0 Å². The van der Waals surface area contributed by atoms with Crippen molar-refractivity contribution in [3.8, 4) is 0 Å². The van der Waals surface area contributed by atoms with Crippen molar-refractivity contribution in [2.45, 2.75) is 6.42 Å². The maximum absolute atomic E-state index is 10.5. The van der Waals surface area contributed by atoms with Crippen LogP contribution in [0, 0.1) is 0 Å². The second kappa shape index (κ2) is 4.87. The zero-order valence-electron chi connectivity index (χ0n) is 10.5. The van der Waals surface area contributed by atoms with Crippen LogP contribution < -0.4 is 10.6 Å². The van der Waals surface area contributed by atoms with E-state index in [1.807, 2.05) is 0 Å². The van der Waals surface area contributed by atoms with E-state index in [4.69, 9.17) is 0 Å². The molecule has 0 heterocycles. The molecule has 3 nitrogen and oxygen atoms in total. The third kappa shape index (κ3) is 2.60. The third-order valence-corrected chi connectivity index (χ3v) is 5.60. The summed E-state index contributed by atoms with van der Waals surface area (Å²) in [6, 6.07) is 14.9. The summed E-state index contributed by atoms with van der Waals surface area (Å²) in [5.41, 5.74) is 0.659. The van der Waals surface area contributed by atoms with E-state index in [0.717, 1.165) is 0 Å². The summed E-state index contributed by atoms with van der Waals surface area (Å²) in [5.74, 6) is 0. The molecular weight excluding hydrogens is 259 g/mol. The Bertz CT molecular complexity index is 585. The molecule has 0 spiro atoms. The molecule has 2 aromatic rings. The Morgan fingerprint density at radius 3 is 2.11 bits per heavy atom. The first-order chi connectivity index (χ1) is 8.94. The van der Waals surface area contributed by atoms with E-state index in [9.17, 15) is 14.7 Å². The van der Waals surface area contributed by atoms with E-state index in [1.165, 1.54) is 12.1 Å². The Kier molecular flexibility index (Phi) is 3.57. The van der Waals surface area contributed by atoms with Gasteiger partial charge in [0, 0.05) is 0 Å². The van der Waals surface area contributed by atoms with Gasteiger partial charge in [0.05, 0.1) is 0 Å². The predicted octanol–water partition coefficient (Wildman–Crippen LogP) is 1.64. The van der Waals surface area contributed by atoms with Gasteiger partial charge in [0.1, 0.15) is 0 Å². The molecule has 19 heavy (non-hydrogen) atoms. The van der Waals surface area contributed by atoms with Crippen LogP contribution in [-0.4, -0.2) is 14.7 Å². The van der Waals surface area contributed by atoms with Gasteiger partial charge >= 0.3 is 112 Å². The first-order valence-corrected chi connectivity index (χ1v) is 8.05. The Morgan fingerprint density at radius 1 is 0.895 bits per heavy atom. The van der Waals surface area contributed by atoms with E-state index in [-0.39, 0.29) is 10.6 Å². The first-order valence-electron chi connectivity index (χ1n) is 5.96. The molecule has 0 unspecified atom stereocenters. The molecule has 0 bridgehead atoms. The van der Waals surface area contributed by atoms with Gasteiger partial charge in [-0.1, -0.05) is 0 Å². The summed E-state index contributed by atoms with van der Waals surface area (Å²) < 4.78 is 0. The van der Waals surface area contributed by atoms with Gasteiger partial charge in [-0.05, 0) is 0 Å². The van der Waals surface area contributed by atoms with Crippen molar-refractivity contribution >= 4 is 17.9 Å². The van der Waals surface area contributed by atoms with Crippen molar-refractivity contribution in [3.63, 3.8) is 0 Å². The van der Waals surface area contributed by atoms with Gasteiger partial charge in [-0.15, -0.1) is 0 Å². The van der Waals surface area contributed by atoms with Gasteiger partial charge in [0.15, 0.2) is 0 Å². The third-order valence-electron chi connectivity index (χ3n) is 3.03. The Labute approximate surface area is 112 Å². The van der Waals surface area contributed by atoms with Crippen LogP contribution in [0.3, 0.4) is 0 Å². The summed E-state index contributed by atoms with van der Waals surface area (Å²) in [7, 11) is -5.07. The second-order valence-electron chi connectivity index (χ2n) is 4.44. The van der Waals surface area contributed by atoms with Crippen LogP contribution >= 0.6 is 7.28 Å². The molecule has 0 aromatic heterocycles. The Hall–Kier alpha value is -1.51. The number of benzene rings is 2. The number of hydrogen-bond acceptors (Lipinski definition) is 3. The quantitative estimate of drug-likeness (QED) is 0.587. The molecule has 0 fully saturated rings. The van der Waals surface area contributed by atoms with Crippen molar-refractivity contribution in [1.29, 1.82) is 0 Å². The van der Waals surface area contributed by atoms with Crippen molar-refractivity contribution < 1.29 is 14.7 Å². The number of rotatable bonds is 4. The van der Waals surface area contributed by atoms with E-state index in [1.54, 1.807) is 48.5 Å². The fraction of sp³-hybridized carbons (Fsp3) is 0.0667. The van der Waals surface area contributed by atoms with Crippen LogP contribution in [0.4, 0.5) is 0 Å². The molecule has 0 aliphatic rings. The predicted molar refractivity (Wildman–Crippen MR) is 79.6 cm³/mol. The van der Waals surface area contributed by atoms with Crippen molar-refractivity contribution in [2.75, 3.05) is 0 Å². The van der Waals surface area contributed by atoms with Crippen molar-refractivity contribution in [2.24, 2.45) is 0 Å². The van der Waals surface area contributed by atoms with Gasteiger partial charge in [-0.3, -0.25) is 0 Å². The van der Waals surface area contributed by atoms with Gasteiger partial charge in [-0.25, -0.2) is 0 Å². The molecule has 100 valence electrons. The molecule has 0 amide bonds. The van der Waals surface area contributed by atoms with Gasteiger partial charge in [0.25, 0.3) is 0 Å². The molecule has 0 radical (unpaired) electrons. The molecule has 0 saturated carbocycles. The van der Waals surface area contributed by atoms with Gasteiger partial charge in [-0.2, -0.15) is 0 Å². The topological polar surface area (TPSA) is 60.7 Å². The number of hydrogen-bond donors (Lipinski definition) is 3. The molecular formula is C15H17O3P. The fourth-order valence-corrected chi connectivity index (χ4v) is 4.14. The van der Waals surface area contributed by atoms with E-state index in [0.29, 0.717) is 12.0 Å². The summed E-state index contributed by atoms with van der Waals surface area (Å²) >= 11 is 0. The summed E-state index contributed by atoms with van der Waals surface area (Å²) in [6.07, 6.45) is 2.12. The normalized spacial score (nSPS) is 13.5. The standard InChI is InChI=1S/C15H17O3P/c1-2-8-13-9-6-7-12-15(13)19(16,17,18)14-10-4-3-5-11-14/h2-7,9-12,16-18H,1,8H2. The minimum absolute atomic E-state index is 0.130. The molecule has 0 saturated heterocycles. The monoisotopic (exact) mass is 276 g/mol. The average Bonchev–Trinajstić information content (AvgIpc) is 2.40. The second-order valence-corrected chi connectivity index (χ2v) is 7.40. The zero-order chi connectivity index (χ0) is 14.0. The fourth-order valence-electron chi connectivity index (χ4n) is 2.08. The summed E-state index contributed by atoms with van der Waals surface area (Å²) in [5, 5.41) is 0.296. The molecule has 3 N–H and O–H groups in total. The SMILES string of the molecule is C=CCc1ccccc1P(O)(O)(O)c1ccccc1. The minimum atomic E-state index is -5.07. The number of allylic oxidation sites excluding steroid dienone is 1. The van der Waals surface area contributed by atoms with Crippen LogP contribution in [-0.2, 0) is 6.42 Å². The van der Waals surface area contributed by atoms with Crippen molar-refractivity contribution in [1.82, 2.24) is 0 Å². The van der Waals surface area contributed by atoms with Crippen LogP contribution in [0.25, 0.3) is 0 Å². The van der Waals surface area contributed by atoms with Crippen LogP contribution in [0.2, 0.25) is 0 Å². The first kappa shape index (κ1) is 13.9. The van der Waals surface area contributed by atoms with E-state index in [2.05, 4.69) is 6.58 Å². The van der Waals surface area contributed by atoms with Crippen LogP contribution in [0.5, 0.6) is 0 Å². The summed E-state index contributed by atoms with van der Waals surface area (Å²) in [6.45, 7) is 3.64. The molecule has 2 rings (SSSR count). The Balaban J connectivity index is 2.64. The van der Waals surface area contributed by atoms with Crippen LogP contribution in [0.15, 0.2) is 67.3 Å². The molecule has 4 heteroatoms. The zero-order valence-corrected chi connectivity index (χ0v) is 11.4. The van der Waals surface area contributed by atoms with Crippen molar-refractivity contribution in [3.05, 3.63) is 72.8 Å². The Morgan fingerprint density at radius 2 is 1.47 bits per heavy atom. The molecule has 2 aromatic carbocycles. The molecule has 0 aliphatic heterocycles. The summed E-state index contributed by atoms with van der Waals surface area (Å²) in [4.78, 5) is 31.6. The molecule has 0 aliphatic carbocycles. The van der Waals surface area contributed by atoms with E-state index >= 15 is 0 Å². The van der Waals surface area contributed by atoms with Gasteiger partial charge < -0.3 is 0 Å². The van der Waals surface area contributed by atoms with E-state index < -0.39 is 7.28 Å². The molecule has 0 atom stereocenters. The maximum atomic E-state index is 10.5. The van der Waals surface area contributed by atoms with Crippen LogP contribution in [0.1, 0.15) is 5.56 Å².